The van der Waals surface area contributed by atoms with Crippen molar-refractivity contribution in [1.82, 2.24) is 9.03 Å². The molecule has 0 aromatic rings. The minimum Gasteiger partial charge on any atom is -0.389 e. The molecule has 6 heteroatoms. The number of hydrogen-bond donors (Lipinski definition) is 2. The number of rotatable bonds is 7. The van der Waals surface area contributed by atoms with Crippen LogP contribution in [0.25, 0.3) is 0 Å². The minimum absolute atomic E-state index is 0.131. The van der Waals surface area contributed by atoms with E-state index in [2.05, 4.69) is 4.72 Å². The van der Waals surface area contributed by atoms with Crippen molar-refractivity contribution in [3.8, 4) is 0 Å². The van der Waals surface area contributed by atoms with Crippen LogP contribution in [-0.4, -0.2) is 43.6 Å². The molecule has 1 aliphatic carbocycles. The summed E-state index contributed by atoms with van der Waals surface area (Å²) in [4.78, 5) is 0. The quantitative estimate of drug-likeness (QED) is 0.716. The van der Waals surface area contributed by atoms with Gasteiger partial charge >= 0.3 is 0 Å². The molecule has 0 atom stereocenters. The van der Waals surface area contributed by atoms with E-state index in [-0.39, 0.29) is 6.54 Å². The summed E-state index contributed by atoms with van der Waals surface area (Å²) in [7, 11) is -1.87. The highest BCUT2D eigenvalue weighted by Gasteiger charge is 2.32. The molecule has 0 heterocycles. The van der Waals surface area contributed by atoms with Crippen LogP contribution in [0.5, 0.6) is 0 Å². The maximum Gasteiger partial charge on any atom is 0.279 e. The number of unbranched alkanes of at least 4 members (excludes halogenated alkanes) is 1. The van der Waals surface area contributed by atoms with E-state index >= 15 is 0 Å². The maximum absolute atomic E-state index is 11.8. The van der Waals surface area contributed by atoms with E-state index in [1.54, 1.807) is 7.05 Å². The first-order valence-electron chi connectivity index (χ1n) is 6.33. The molecule has 0 saturated heterocycles. The number of hydrogen-bond acceptors (Lipinski definition) is 3. The molecule has 0 spiro atoms. The van der Waals surface area contributed by atoms with Crippen molar-refractivity contribution in [3.63, 3.8) is 0 Å². The van der Waals surface area contributed by atoms with Gasteiger partial charge in [-0.1, -0.05) is 26.2 Å². The maximum atomic E-state index is 11.8. The van der Waals surface area contributed by atoms with Gasteiger partial charge in [-0.2, -0.15) is 17.4 Å². The van der Waals surface area contributed by atoms with Crippen LogP contribution in [0.3, 0.4) is 0 Å². The lowest BCUT2D eigenvalue weighted by Gasteiger charge is -2.24. The summed E-state index contributed by atoms with van der Waals surface area (Å²) < 4.78 is 27.5. The molecule has 0 aliphatic heterocycles. The molecular formula is C11H24N2O3S. The standard InChI is InChI=1S/C11H24N2O3S/c1-3-4-9-13(2)17(15,16)12-10-11(14)7-5-6-8-11/h12,14H,3-10H2,1-2H3. The molecule has 1 saturated carbocycles. The lowest BCUT2D eigenvalue weighted by Crippen LogP contribution is -2.46. The normalized spacial score (nSPS) is 20.0. The molecular weight excluding hydrogens is 240 g/mol. The molecule has 2 N–H and O–H groups in total. The van der Waals surface area contributed by atoms with Crippen molar-refractivity contribution in [3.05, 3.63) is 0 Å². The van der Waals surface area contributed by atoms with Gasteiger partial charge in [0.15, 0.2) is 0 Å². The SMILES string of the molecule is CCCCN(C)S(=O)(=O)NCC1(O)CCCC1. The van der Waals surface area contributed by atoms with Crippen LogP contribution in [-0.2, 0) is 10.2 Å². The van der Waals surface area contributed by atoms with E-state index in [0.29, 0.717) is 19.4 Å². The van der Waals surface area contributed by atoms with E-state index < -0.39 is 15.8 Å². The monoisotopic (exact) mass is 264 g/mol. The molecule has 0 unspecified atom stereocenters. The molecule has 5 nitrogen and oxygen atoms in total. The van der Waals surface area contributed by atoms with Gasteiger partial charge in [0.1, 0.15) is 0 Å². The fourth-order valence-electron chi connectivity index (χ4n) is 2.05. The first-order valence-corrected chi connectivity index (χ1v) is 7.77. The molecule has 17 heavy (non-hydrogen) atoms. The van der Waals surface area contributed by atoms with Crippen molar-refractivity contribution >= 4 is 10.2 Å². The zero-order valence-electron chi connectivity index (χ0n) is 10.8. The van der Waals surface area contributed by atoms with Crippen LogP contribution in [0.4, 0.5) is 0 Å². The summed E-state index contributed by atoms with van der Waals surface area (Å²) in [6, 6.07) is 0. The number of nitrogens with zero attached hydrogens (tertiary/aromatic N) is 1. The van der Waals surface area contributed by atoms with Crippen LogP contribution in [0.2, 0.25) is 0 Å². The fourth-order valence-corrected chi connectivity index (χ4v) is 3.09. The second kappa shape index (κ2) is 6.13. The van der Waals surface area contributed by atoms with Gasteiger partial charge in [0.25, 0.3) is 10.2 Å². The van der Waals surface area contributed by atoms with Crippen LogP contribution in [0.15, 0.2) is 0 Å². The van der Waals surface area contributed by atoms with Crippen molar-refractivity contribution in [2.75, 3.05) is 20.1 Å². The highest BCUT2D eigenvalue weighted by atomic mass is 32.2. The predicted octanol–water partition coefficient (Wildman–Crippen LogP) is 0.858. The summed E-state index contributed by atoms with van der Waals surface area (Å²) in [6.07, 6.45) is 5.14. The van der Waals surface area contributed by atoms with E-state index in [9.17, 15) is 13.5 Å². The highest BCUT2D eigenvalue weighted by Crippen LogP contribution is 2.28. The smallest absolute Gasteiger partial charge is 0.279 e. The molecule has 0 aromatic carbocycles. The number of aliphatic hydroxyl groups is 1. The average Bonchev–Trinajstić information content (AvgIpc) is 2.71. The lowest BCUT2D eigenvalue weighted by atomic mass is 10.0. The van der Waals surface area contributed by atoms with Gasteiger partial charge < -0.3 is 5.11 Å². The Bertz CT molecular complexity index is 324. The molecule has 0 bridgehead atoms. The van der Waals surface area contributed by atoms with Crippen LogP contribution >= 0.6 is 0 Å². The first kappa shape index (κ1) is 14.9. The van der Waals surface area contributed by atoms with Crippen molar-refractivity contribution in [2.24, 2.45) is 0 Å². The van der Waals surface area contributed by atoms with Gasteiger partial charge in [-0.05, 0) is 19.3 Å². The topological polar surface area (TPSA) is 69.6 Å². The van der Waals surface area contributed by atoms with Gasteiger partial charge in [0, 0.05) is 20.1 Å². The Morgan fingerprint density at radius 2 is 1.94 bits per heavy atom. The van der Waals surface area contributed by atoms with Gasteiger partial charge in [-0.15, -0.1) is 0 Å². The second-order valence-corrected chi connectivity index (χ2v) is 6.79. The summed E-state index contributed by atoms with van der Waals surface area (Å²) in [5.41, 5.74) is -0.835. The largest absolute Gasteiger partial charge is 0.389 e. The van der Waals surface area contributed by atoms with Crippen LogP contribution < -0.4 is 4.72 Å². The fraction of sp³-hybridized carbons (Fsp3) is 1.00. The summed E-state index contributed by atoms with van der Waals surface area (Å²) in [5, 5.41) is 10.1. The summed E-state index contributed by atoms with van der Waals surface area (Å²) >= 11 is 0. The average molecular weight is 264 g/mol. The zero-order valence-corrected chi connectivity index (χ0v) is 11.6. The van der Waals surface area contributed by atoms with Crippen molar-refractivity contribution < 1.29 is 13.5 Å². The Hall–Kier alpha value is -0.170. The Balaban J connectivity index is 2.43. The molecule has 102 valence electrons. The molecule has 0 aromatic heterocycles. The molecule has 0 radical (unpaired) electrons. The molecule has 0 amide bonds. The third-order valence-corrected chi connectivity index (χ3v) is 4.87. The van der Waals surface area contributed by atoms with Crippen LogP contribution in [0.1, 0.15) is 45.4 Å². The zero-order chi connectivity index (χ0) is 12.9. The van der Waals surface area contributed by atoms with Crippen molar-refractivity contribution in [2.45, 2.75) is 51.0 Å². The first-order chi connectivity index (χ1) is 7.90. The lowest BCUT2D eigenvalue weighted by molar-refractivity contribution is 0.0528. The van der Waals surface area contributed by atoms with Gasteiger partial charge in [0.05, 0.1) is 5.60 Å². The number of nitrogens with one attached hydrogen (secondary N) is 1. The second-order valence-electron chi connectivity index (χ2n) is 4.93. The van der Waals surface area contributed by atoms with E-state index in [1.165, 1.54) is 4.31 Å². The van der Waals surface area contributed by atoms with Gasteiger partial charge in [-0.25, -0.2) is 0 Å². The Morgan fingerprint density at radius 3 is 2.47 bits per heavy atom. The Morgan fingerprint density at radius 1 is 1.35 bits per heavy atom. The third-order valence-electron chi connectivity index (χ3n) is 3.35. The molecule has 1 aliphatic rings. The third kappa shape index (κ3) is 4.54. The molecule has 1 rings (SSSR count). The minimum atomic E-state index is -3.43. The van der Waals surface area contributed by atoms with E-state index in [0.717, 1.165) is 25.7 Å². The van der Waals surface area contributed by atoms with E-state index in [1.807, 2.05) is 6.92 Å². The van der Waals surface area contributed by atoms with Crippen LogP contribution in [0, 0.1) is 0 Å². The van der Waals surface area contributed by atoms with Gasteiger partial charge in [-0.3, -0.25) is 0 Å². The summed E-state index contributed by atoms with van der Waals surface area (Å²) in [5.74, 6) is 0. The van der Waals surface area contributed by atoms with Gasteiger partial charge in [0.2, 0.25) is 0 Å². The Labute approximate surface area is 104 Å². The molecule has 1 fully saturated rings. The highest BCUT2D eigenvalue weighted by molar-refractivity contribution is 7.87. The summed E-state index contributed by atoms with van der Waals surface area (Å²) in [6.45, 7) is 2.67. The van der Waals surface area contributed by atoms with Crippen molar-refractivity contribution in [1.29, 1.82) is 0 Å². The van der Waals surface area contributed by atoms with E-state index in [4.69, 9.17) is 0 Å². The predicted molar refractivity (Wildman–Crippen MR) is 67.9 cm³/mol. The Kier molecular flexibility index (Phi) is 5.37.